The summed E-state index contributed by atoms with van der Waals surface area (Å²) in [5, 5.41) is 9.40. The van der Waals surface area contributed by atoms with Crippen LogP contribution in [0.2, 0.25) is 0 Å². The number of aromatic nitrogens is 4. The van der Waals surface area contributed by atoms with Gasteiger partial charge in [0.1, 0.15) is 5.82 Å². The van der Waals surface area contributed by atoms with E-state index in [4.69, 9.17) is 0 Å². The van der Waals surface area contributed by atoms with Crippen molar-refractivity contribution in [2.75, 3.05) is 11.9 Å². The quantitative estimate of drug-likeness (QED) is 0.533. The van der Waals surface area contributed by atoms with Crippen molar-refractivity contribution in [1.29, 1.82) is 0 Å². The van der Waals surface area contributed by atoms with E-state index in [0.29, 0.717) is 36.3 Å². The molecule has 3 aromatic rings. The molecule has 0 aliphatic rings. The molecule has 0 bridgehead atoms. The number of aromatic amines is 1. The van der Waals surface area contributed by atoms with E-state index in [1.54, 1.807) is 19.9 Å². The number of benzene rings is 1. The van der Waals surface area contributed by atoms with Gasteiger partial charge in [0.15, 0.2) is 0 Å². The zero-order valence-electron chi connectivity index (χ0n) is 17.2. The lowest BCUT2D eigenvalue weighted by molar-refractivity contribution is -0.136. The molecule has 0 aliphatic heterocycles. The summed E-state index contributed by atoms with van der Waals surface area (Å²) in [7, 11) is 0. The van der Waals surface area contributed by atoms with Crippen LogP contribution in [0.4, 0.5) is 5.82 Å². The Balaban J connectivity index is 1.71. The zero-order chi connectivity index (χ0) is 21.7. The lowest BCUT2D eigenvalue weighted by Gasteiger charge is -2.10. The maximum atomic E-state index is 12.3. The van der Waals surface area contributed by atoms with Crippen molar-refractivity contribution in [3.8, 4) is 5.95 Å². The Morgan fingerprint density at radius 3 is 2.53 bits per heavy atom. The van der Waals surface area contributed by atoms with Gasteiger partial charge in [0.05, 0.1) is 5.69 Å². The summed E-state index contributed by atoms with van der Waals surface area (Å²) in [5.74, 6) is -1.17. The fourth-order valence-corrected chi connectivity index (χ4v) is 3.08. The van der Waals surface area contributed by atoms with Gasteiger partial charge in [-0.05, 0) is 32.3 Å². The summed E-state index contributed by atoms with van der Waals surface area (Å²) in [4.78, 5) is 43.8. The van der Waals surface area contributed by atoms with Gasteiger partial charge >= 0.3 is 11.8 Å². The topological polar surface area (TPSA) is 122 Å². The van der Waals surface area contributed by atoms with E-state index in [-0.39, 0.29) is 17.3 Å². The van der Waals surface area contributed by atoms with E-state index in [0.717, 1.165) is 5.56 Å². The summed E-state index contributed by atoms with van der Waals surface area (Å²) in [6.07, 6.45) is 1.17. The summed E-state index contributed by atoms with van der Waals surface area (Å²) in [6, 6.07) is 11.2. The maximum Gasteiger partial charge on any atom is 0.314 e. The standard InChI is InChI=1S/C21H24N6O3/c1-4-16-14(3)23-21(25-18(16)28)27-17(12-13(2)26-27)24-20(30)19(29)22-11-10-15-8-6-5-7-9-15/h5-9,12H,4,10-11H2,1-3H3,(H,22,29)(H,24,30)(H,23,25,28). The molecule has 0 radical (unpaired) electrons. The summed E-state index contributed by atoms with van der Waals surface area (Å²) in [6.45, 7) is 5.68. The highest BCUT2D eigenvalue weighted by molar-refractivity contribution is 6.39. The van der Waals surface area contributed by atoms with Crippen LogP contribution in [-0.4, -0.2) is 38.1 Å². The van der Waals surface area contributed by atoms with E-state index in [1.165, 1.54) is 4.68 Å². The average molecular weight is 408 g/mol. The fourth-order valence-electron chi connectivity index (χ4n) is 3.08. The van der Waals surface area contributed by atoms with Crippen LogP contribution in [0.5, 0.6) is 0 Å². The Morgan fingerprint density at radius 2 is 1.87 bits per heavy atom. The molecular weight excluding hydrogens is 384 g/mol. The smallest absolute Gasteiger partial charge is 0.314 e. The number of anilines is 1. The molecule has 3 N–H and O–H groups in total. The van der Waals surface area contributed by atoms with Gasteiger partial charge in [-0.1, -0.05) is 37.3 Å². The monoisotopic (exact) mass is 408 g/mol. The molecule has 2 heterocycles. The number of rotatable bonds is 6. The molecule has 2 amide bonds. The van der Waals surface area contributed by atoms with Crippen LogP contribution in [0.1, 0.15) is 29.4 Å². The maximum absolute atomic E-state index is 12.3. The lowest BCUT2D eigenvalue weighted by atomic mass is 10.1. The molecule has 0 aliphatic carbocycles. The van der Waals surface area contributed by atoms with Gasteiger partial charge in [-0.3, -0.25) is 19.4 Å². The number of carbonyl (C=O) groups excluding carboxylic acids is 2. The molecule has 0 spiro atoms. The van der Waals surface area contributed by atoms with E-state index in [9.17, 15) is 14.4 Å². The third-order valence-corrected chi connectivity index (χ3v) is 4.59. The SMILES string of the molecule is CCc1c(C)nc(-n2nc(C)cc2NC(=O)C(=O)NCCc2ccccc2)[nH]c1=O. The first-order chi connectivity index (χ1) is 14.4. The van der Waals surface area contributed by atoms with Crippen molar-refractivity contribution in [3.63, 3.8) is 0 Å². The summed E-state index contributed by atoms with van der Waals surface area (Å²) < 4.78 is 1.30. The van der Waals surface area contributed by atoms with Crippen molar-refractivity contribution < 1.29 is 9.59 Å². The normalized spacial score (nSPS) is 10.6. The minimum absolute atomic E-state index is 0.169. The number of hydrogen-bond acceptors (Lipinski definition) is 5. The highest BCUT2D eigenvalue weighted by Crippen LogP contribution is 2.14. The molecule has 0 atom stereocenters. The number of nitrogens with one attached hydrogen (secondary N) is 3. The largest absolute Gasteiger partial charge is 0.347 e. The van der Waals surface area contributed by atoms with E-state index < -0.39 is 11.8 Å². The molecule has 2 aromatic heterocycles. The van der Waals surface area contributed by atoms with Crippen molar-refractivity contribution >= 4 is 17.6 Å². The second-order valence-electron chi connectivity index (χ2n) is 6.84. The molecule has 30 heavy (non-hydrogen) atoms. The van der Waals surface area contributed by atoms with Gasteiger partial charge in [0.2, 0.25) is 5.95 Å². The number of carbonyl (C=O) groups is 2. The minimum Gasteiger partial charge on any atom is -0.347 e. The third kappa shape index (κ3) is 4.80. The second kappa shape index (κ2) is 9.17. The average Bonchev–Trinajstić information content (AvgIpc) is 3.08. The number of H-pyrrole nitrogens is 1. The van der Waals surface area contributed by atoms with Gasteiger partial charge in [-0.15, -0.1) is 0 Å². The Kier molecular flexibility index (Phi) is 6.41. The predicted molar refractivity (Wildman–Crippen MR) is 113 cm³/mol. The first kappa shape index (κ1) is 21.0. The Morgan fingerprint density at radius 1 is 1.13 bits per heavy atom. The number of nitrogens with zero attached hydrogens (tertiary/aromatic N) is 3. The van der Waals surface area contributed by atoms with E-state index >= 15 is 0 Å². The molecule has 0 saturated carbocycles. The first-order valence-corrected chi connectivity index (χ1v) is 9.69. The third-order valence-electron chi connectivity index (χ3n) is 4.59. The molecule has 9 nitrogen and oxygen atoms in total. The Bertz CT molecular complexity index is 1120. The number of aryl methyl sites for hydroxylation is 2. The molecule has 0 fully saturated rings. The van der Waals surface area contributed by atoms with Crippen LogP contribution < -0.4 is 16.2 Å². The minimum atomic E-state index is -0.826. The molecule has 0 saturated heterocycles. The molecular formula is C21H24N6O3. The van der Waals surface area contributed by atoms with E-state index in [1.807, 2.05) is 37.3 Å². The van der Waals surface area contributed by atoms with Crippen LogP contribution in [0.15, 0.2) is 41.2 Å². The highest BCUT2D eigenvalue weighted by Gasteiger charge is 2.18. The predicted octanol–water partition coefficient (Wildman–Crippen LogP) is 1.43. The molecule has 156 valence electrons. The zero-order valence-corrected chi connectivity index (χ0v) is 17.2. The molecule has 9 heteroatoms. The summed E-state index contributed by atoms with van der Waals surface area (Å²) >= 11 is 0. The van der Waals surface area contributed by atoms with Gasteiger partial charge in [0, 0.05) is 23.9 Å². The Labute approximate surface area is 173 Å². The first-order valence-electron chi connectivity index (χ1n) is 9.69. The number of hydrogen-bond donors (Lipinski definition) is 3. The van der Waals surface area contributed by atoms with Crippen molar-refractivity contribution in [3.05, 3.63) is 69.3 Å². The van der Waals surface area contributed by atoms with Crippen LogP contribution in [0.3, 0.4) is 0 Å². The highest BCUT2D eigenvalue weighted by atomic mass is 16.2. The van der Waals surface area contributed by atoms with Crippen molar-refractivity contribution in [2.24, 2.45) is 0 Å². The van der Waals surface area contributed by atoms with Crippen LogP contribution in [0, 0.1) is 13.8 Å². The van der Waals surface area contributed by atoms with Gasteiger partial charge in [0.25, 0.3) is 5.56 Å². The number of amides is 2. The second-order valence-corrected chi connectivity index (χ2v) is 6.84. The van der Waals surface area contributed by atoms with Gasteiger partial charge in [-0.25, -0.2) is 4.98 Å². The molecule has 1 aromatic carbocycles. The molecule has 0 unspecified atom stereocenters. The van der Waals surface area contributed by atoms with Crippen LogP contribution >= 0.6 is 0 Å². The molecule has 3 rings (SSSR count). The van der Waals surface area contributed by atoms with Gasteiger partial charge in [-0.2, -0.15) is 9.78 Å². The Hall–Kier alpha value is -3.75. The van der Waals surface area contributed by atoms with Crippen LogP contribution in [-0.2, 0) is 22.4 Å². The van der Waals surface area contributed by atoms with E-state index in [2.05, 4.69) is 25.7 Å². The fraction of sp³-hybridized carbons (Fsp3) is 0.286. The van der Waals surface area contributed by atoms with Gasteiger partial charge < -0.3 is 10.6 Å². The van der Waals surface area contributed by atoms with Crippen molar-refractivity contribution in [1.82, 2.24) is 25.1 Å². The van der Waals surface area contributed by atoms with Crippen LogP contribution in [0.25, 0.3) is 5.95 Å². The van der Waals surface area contributed by atoms with Crippen molar-refractivity contribution in [2.45, 2.75) is 33.6 Å². The summed E-state index contributed by atoms with van der Waals surface area (Å²) in [5.41, 5.74) is 2.57. The lowest BCUT2D eigenvalue weighted by Crippen LogP contribution is -2.37.